The van der Waals surface area contributed by atoms with Crippen molar-refractivity contribution in [2.24, 2.45) is 17.3 Å². The summed E-state index contributed by atoms with van der Waals surface area (Å²) < 4.78 is 9.65. The molecule has 2 fully saturated rings. The molecule has 1 saturated heterocycles. The van der Waals surface area contributed by atoms with E-state index in [1.165, 1.54) is 18.1 Å². The first-order chi connectivity index (χ1) is 11.7. The maximum Gasteiger partial charge on any atom is 0.330 e. The van der Waals surface area contributed by atoms with Crippen molar-refractivity contribution in [3.63, 3.8) is 0 Å². The Hall–Kier alpha value is -2.82. The minimum atomic E-state index is -0.576. The molecule has 0 aromatic rings. The molecular weight excluding hydrogens is 328 g/mol. The van der Waals surface area contributed by atoms with Crippen LogP contribution in [-0.4, -0.2) is 60.6 Å². The van der Waals surface area contributed by atoms with Crippen molar-refractivity contribution in [1.82, 2.24) is 9.80 Å². The Bertz CT molecular complexity index is 675. The van der Waals surface area contributed by atoms with Gasteiger partial charge in [-0.1, -0.05) is 25.8 Å². The predicted octanol–water partition coefficient (Wildman–Crippen LogP) is 0.386. The highest BCUT2D eigenvalue weighted by molar-refractivity contribution is 6.02. The minimum Gasteiger partial charge on any atom is -0.466 e. The zero-order chi connectivity index (χ0) is 18.8. The van der Waals surface area contributed by atoms with Crippen LogP contribution in [0.3, 0.4) is 0 Å². The average molecular weight is 348 g/mol. The van der Waals surface area contributed by atoms with Crippen molar-refractivity contribution in [2.45, 2.75) is 13.8 Å². The van der Waals surface area contributed by atoms with Crippen LogP contribution < -0.4 is 0 Å². The lowest BCUT2D eigenvalue weighted by Gasteiger charge is -2.15. The average Bonchev–Trinajstić information content (AvgIpc) is 3.01. The molecule has 134 valence electrons. The molecule has 3 amide bonds. The van der Waals surface area contributed by atoms with Crippen LogP contribution in [-0.2, 0) is 23.9 Å². The van der Waals surface area contributed by atoms with E-state index in [0.29, 0.717) is 0 Å². The fraction of sp³-hybridized carbons (Fsp3) is 0.529. The molecule has 0 bridgehead atoms. The van der Waals surface area contributed by atoms with Gasteiger partial charge in [-0.15, -0.1) is 6.42 Å². The van der Waals surface area contributed by atoms with Crippen LogP contribution in [0.25, 0.3) is 0 Å². The second kappa shape index (κ2) is 6.97. The molecule has 2 rings (SSSR count). The number of rotatable bonds is 6. The molecule has 1 aliphatic heterocycles. The lowest BCUT2D eigenvalue weighted by molar-refractivity contribution is -0.151. The Morgan fingerprint density at radius 2 is 2.08 bits per heavy atom. The zero-order valence-electron chi connectivity index (χ0n) is 14.4. The summed E-state index contributed by atoms with van der Waals surface area (Å²) in [5.41, 5.74) is -0.379. The molecule has 0 spiro atoms. The first kappa shape index (κ1) is 18.5. The summed E-state index contributed by atoms with van der Waals surface area (Å²) in [5.74, 6) is 0.160. The number of carbonyl (C=O) groups is 4. The third-order valence-corrected chi connectivity index (χ3v) is 4.55. The monoisotopic (exact) mass is 348 g/mol. The molecular formula is C17H20N2O6. The Morgan fingerprint density at radius 3 is 2.68 bits per heavy atom. The summed E-state index contributed by atoms with van der Waals surface area (Å²) in [6.07, 6.45) is 8.02. The van der Waals surface area contributed by atoms with E-state index in [9.17, 15) is 19.2 Å². The second-order valence-electron chi connectivity index (χ2n) is 6.46. The number of hydrogen-bond donors (Lipinski definition) is 0. The molecule has 2 aliphatic rings. The van der Waals surface area contributed by atoms with Crippen molar-refractivity contribution in [2.75, 3.05) is 26.9 Å². The van der Waals surface area contributed by atoms with Gasteiger partial charge >= 0.3 is 18.0 Å². The highest BCUT2D eigenvalue weighted by Gasteiger charge is 2.61. The molecule has 25 heavy (non-hydrogen) atoms. The maximum atomic E-state index is 12.3. The summed E-state index contributed by atoms with van der Waals surface area (Å²) in [5, 5.41) is 0. The fourth-order valence-corrected chi connectivity index (χ4v) is 2.91. The van der Waals surface area contributed by atoms with Crippen LogP contribution in [0.5, 0.6) is 0 Å². The van der Waals surface area contributed by atoms with Gasteiger partial charge in [0.1, 0.15) is 6.54 Å². The number of methoxy groups -OCH3 is 1. The number of hydrogen-bond acceptors (Lipinski definition) is 6. The number of esters is 2. The van der Waals surface area contributed by atoms with Gasteiger partial charge in [0, 0.05) is 6.08 Å². The summed E-state index contributed by atoms with van der Waals surface area (Å²) in [6.45, 7) is 3.18. The molecule has 0 aromatic heterocycles. The van der Waals surface area contributed by atoms with E-state index in [1.54, 1.807) is 6.08 Å². The van der Waals surface area contributed by atoms with E-state index in [-0.39, 0.29) is 24.4 Å². The lowest BCUT2D eigenvalue weighted by atomic mass is 10.1. The second-order valence-corrected chi connectivity index (χ2v) is 6.46. The Kier molecular flexibility index (Phi) is 5.16. The number of nitrogens with zero attached hydrogens (tertiary/aromatic N) is 2. The van der Waals surface area contributed by atoms with Gasteiger partial charge in [0.2, 0.25) is 0 Å². The zero-order valence-corrected chi connectivity index (χ0v) is 14.4. The molecule has 0 N–H and O–H groups in total. The molecule has 8 nitrogen and oxygen atoms in total. The van der Waals surface area contributed by atoms with E-state index in [2.05, 4.69) is 10.7 Å². The standard InChI is InChI=1S/C17H20N2O6/c1-5-8-18-9-12(20)19(16(18)23)10-25-15(22)14-11(17(14,2)3)6-7-13(21)24-4/h1,6-7,11,14H,8-10H2,2-4H3/b7-6+. The molecule has 8 heteroatoms. The smallest absolute Gasteiger partial charge is 0.330 e. The summed E-state index contributed by atoms with van der Waals surface area (Å²) in [7, 11) is 1.27. The summed E-state index contributed by atoms with van der Waals surface area (Å²) >= 11 is 0. The topological polar surface area (TPSA) is 93.2 Å². The first-order valence-corrected chi connectivity index (χ1v) is 7.69. The van der Waals surface area contributed by atoms with Gasteiger partial charge in [0.05, 0.1) is 19.6 Å². The highest BCUT2D eigenvalue weighted by atomic mass is 16.5. The van der Waals surface area contributed by atoms with Crippen molar-refractivity contribution in [3.05, 3.63) is 12.2 Å². The number of amides is 3. The molecule has 0 radical (unpaired) electrons. The number of imide groups is 1. The first-order valence-electron chi connectivity index (χ1n) is 7.69. The van der Waals surface area contributed by atoms with Gasteiger partial charge < -0.3 is 14.4 Å². The van der Waals surface area contributed by atoms with Crippen molar-refractivity contribution in [1.29, 1.82) is 0 Å². The van der Waals surface area contributed by atoms with Crippen LogP contribution in [0.2, 0.25) is 0 Å². The van der Waals surface area contributed by atoms with E-state index >= 15 is 0 Å². The molecule has 2 atom stereocenters. The van der Waals surface area contributed by atoms with Gasteiger partial charge in [-0.3, -0.25) is 9.59 Å². The SMILES string of the molecule is C#CCN1CC(=O)N(COC(=O)C2C(/C=C/C(=O)OC)C2(C)C)C1=O. The van der Waals surface area contributed by atoms with Gasteiger partial charge in [-0.05, 0) is 11.3 Å². The largest absolute Gasteiger partial charge is 0.466 e. The molecule has 0 aromatic carbocycles. The van der Waals surface area contributed by atoms with Crippen molar-refractivity contribution < 1.29 is 28.7 Å². The molecule has 1 aliphatic carbocycles. The van der Waals surface area contributed by atoms with Gasteiger partial charge in [-0.2, -0.15) is 0 Å². The molecule has 2 unspecified atom stereocenters. The Labute approximate surface area is 145 Å². The third-order valence-electron chi connectivity index (χ3n) is 4.55. The fourth-order valence-electron chi connectivity index (χ4n) is 2.91. The van der Waals surface area contributed by atoms with Gasteiger partial charge in [-0.25, -0.2) is 14.5 Å². The normalized spacial score (nSPS) is 24.4. The van der Waals surface area contributed by atoms with Crippen molar-refractivity contribution >= 4 is 23.9 Å². The van der Waals surface area contributed by atoms with E-state index in [0.717, 1.165) is 4.90 Å². The van der Waals surface area contributed by atoms with E-state index < -0.39 is 36.5 Å². The number of terminal acetylenes is 1. The van der Waals surface area contributed by atoms with Gasteiger partial charge in [0.15, 0.2) is 6.73 Å². The van der Waals surface area contributed by atoms with E-state index in [1.807, 2.05) is 13.8 Å². The number of carbonyl (C=O) groups excluding carboxylic acids is 4. The Balaban J connectivity index is 1.92. The number of allylic oxidation sites excluding steroid dienone is 1. The lowest BCUT2D eigenvalue weighted by Crippen LogP contribution is -2.36. The summed E-state index contributed by atoms with van der Waals surface area (Å²) in [6, 6.07) is -0.576. The molecule has 1 saturated carbocycles. The van der Waals surface area contributed by atoms with Gasteiger partial charge in [0.25, 0.3) is 5.91 Å². The summed E-state index contributed by atoms with van der Waals surface area (Å²) in [4.78, 5) is 49.3. The number of urea groups is 1. The maximum absolute atomic E-state index is 12.3. The Morgan fingerprint density at radius 1 is 1.40 bits per heavy atom. The number of ether oxygens (including phenoxy) is 2. The minimum absolute atomic E-state index is 0.0189. The van der Waals surface area contributed by atoms with E-state index in [4.69, 9.17) is 11.2 Å². The highest BCUT2D eigenvalue weighted by Crippen LogP contribution is 2.59. The predicted molar refractivity (Wildman–Crippen MR) is 85.5 cm³/mol. The molecule has 1 heterocycles. The van der Waals surface area contributed by atoms with Crippen LogP contribution in [0.15, 0.2) is 12.2 Å². The van der Waals surface area contributed by atoms with Crippen molar-refractivity contribution in [3.8, 4) is 12.3 Å². The van der Waals surface area contributed by atoms with Crippen LogP contribution >= 0.6 is 0 Å². The van der Waals surface area contributed by atoms with Crippen LogP contribution in [0, 0.1) is 29.6 Å². The van der Waals surface area contributed by atoms with Crippen LogP contribution in [0.1, 0.15) is 13.8 Å². The third kappa shape index (κ3) is 3.65. The van der Waals surface area contributed by atoms with Crippen LogP contribution in [0.4, 0.5) is 4.79 Å². The quantitative estimate of drug-likeness (QED) is 0.298.